The first-order chi connectivity index (χ1) is 7.22. The maximum atomic E-state index is 11.3. The smallest absolute Gasteiger partial charge is 0.348 e. The predicted octanol–water partition coefficient (Wildman–Crippen LogP) is -0.108. The van der Waals surface area contributed by atoms with Crippen LogP contribution in [0.25, 0.3) is 0 Å². The second-order valence-corrected chi connectivity index (χ2v) is 3.17. The van der Waals surface area contributed by atoms with Crippen LogP contribution in [0.15, 0.2) is 18.7 Å². The third-order valence-electron chi connectivity index (χ3n) is 1.83. The molecule has 0 aliphatic rings. The highest BCUT2D eigenvalue weighted by atomic mass is 16.6. The molecular weight excluding hydrogens is 196 g/mol. The van der Waals surface area contributed by atoms with Gasteiger partial charge in [0, 0.05) is 6.61 Å². The molecule has 0 fully saturated rings. The summed E-state index contributed by atoms with van der Waals surface area (Å²) in [5, 5.41) is 0. The molecule has 0 spiro atoms. The molecule has 0 radical (unpaired) electrons. The molecule has 0 aliphatic heterocycles. The molecule has 5 nitrogen and oxygen atoms in total. The molecule has 0 amide bonds. The molecule has 0 unspecified atom stereocenters. The summed E-state index contributed by atoms with van der Waals surface area (Å²) >= 11 is 0. The van der Waals surface area contributed by atoms with Crippen LogP contribution in [0.3, 0.4) is 0 Å². The fourth-order valence-electron chi connectivity index (χ4n) is 1.15. The minimum atomic E-state index is -0.245. The minimum Gasteiger partial charge on any atom is -0.460 e. The normalized spacial score (nSPS) is 10.3. The molecule has 0 bridgehead atoms. The molecule has 1 rings (SSSR count). The first-order valence-corrected chi connectivity index (χ1v) is 4.96. The minimum absolute atomic E-state index is 0.243. The summed E-state index contributed by atoms with van der Waals surface area (Å²) in [6.45, 7) is 3.57. The number of esters is 1. The van der Waals surface area contributed by atoms with Gasteiger partial charge in [0.2, 0.25) is 6.33 Å². The second kappa shape index (κ2) is 6.19. The highest BCUT2D eigenvalue weighted by molar-refractivity contribution is 5.67. The van der Waals surface area contributed by atoms with E-state index in [2.05, 4.69) is 0 Å². The molecule has 0 saturated carbocycles. The van der Waals surface area contributed by atoms with Crippen molar-refractivity contribution in [3.05, 3.63) is 18.7 Å². The Morgan fingerprint density at radius 2 is 2.27 bits per heavy atom. The predicted molar refractivity (Wildman–Crippen MR) is 53.1 cm³/mol. The van der Waals surface area contributed by atoms with Crippen molar-refractivity contribution in [3.8, 4) is 0 Å². The Balaban J connectivity index is 2.18. The van der Waals surface area contributed by atoms with Gasteiger partial charge < -0.3 is 9.47 Å². The van der Waals surface area contributed by atoms with Gasteiger partial charge in [0.15, 0.2) is 6.54 Å². The Morgan fingerprint density at radius 3 is 2.87 bits per heavy atom. The quantitative estimate of drug-likeness (QED) is 0.376. The summed E-state index contributed by atoms with van der Waals surface area (Å²) in [5.41, 5.74) is 0. The van der Waals surface area contributed by atoms with E-state index in [9.17, 15) is 4.79 Å². The largest absolute Gasteiger partial charge is 0.460 e. The molecule has 0 saturated heterocycles. The number of hydrogen-bond acceptors (Lipinski definition) is 3. The van der Waals surface area contributed by atoms with Crippen molar-refractivity contribution in [1.82, 2.24) is 4.57 Å². The number of aryl methyl sites for hydroxylation is 1. The lowest BCUT2D eigenvalue weighted by molar-refractivity contribution is -0.685. The summed E-state index contributed by atoms with van der Waals surface area (Å²) in [5.74, 6) is -0.245. The summed E-state index contributed by atoms with van der Waals surface area (Å²) < 4.78 is 13.6. The average Bonchev–Trinajstić information content (AvgIpc) is 2.59. The van der Waals surface area contributed by atoms with E-state index in [4.69, 9.17) is 9.47 Å². The van der Waals surface area contributed by atoms with E-state index in [1.54, 1.807) is 4.57 Å². The van der Waals surface area contributed by atoms with Gasteiger partial charge in [-0.2, -0.15) is 0 Å². The van der Waals surface area contributed by atoms with E-state index in [1.165, 1.54) is 0 Å². The van der Waals surface area contributed by atoms with Gasteiger partial charge in [0.1, 0.15) is 19.0 Å². The molecule has 15 heavy (non-hydrogen) atoms. The number of ether oxygens (including phenoxy) is 2. The van der Waals surface area contributed by atoms with Crippen LogP contribution in [0.4, 0.5) is 0 Å². The van der Waals surface area contributed by atoms with Crippen LogP contribution in [0.1, 0.15) is 6.92 Å². The Bertz CT molecular complexity index is 309. The van der Waals surface area contributed by atoms with E-state index in [-0.39, 0.29) is 12.5 Å². The van der Waals surface area contributed by atoms with Crippen molar-refractivity contribution in [2.24, 2.45) is 7.05 Å². The third kappa shape index (κ3) is 4.60. The number of carbonyl (C=O) groups excluding carboxylic acids is 1. The summed E-state index contributed by atoms with van der Waals surface area (Å²) in [6, 6.07) is 0. The number of aromatic nitrogens is 2. The number of hydrogen-bond donors (Lipinski definition) is 0. The fourth-order valence-corrected chi connectivity index (χ4v) is 1.15. The number of imidazole rings is 1. The molecule has 1 aromatic heterocycles. The van der Waals surface area contributed by atoms with E-state index in [1.807, 2.05) is 37.3 Å². The van der Waals surface area contributed by atoms with Crippen molar-refractivity contribution in [2.45, 2.75) is 13.5 Å². The standard InChI is InChI=1S/C10H17N2O3/c1-3-14-6-7-15-10(13)8-12-5-4-11(2)9-12/h4-5,9H,3,6-8H2,1-2H3/q+1. The lowest BCUT2D eigenvalue weighted by Crippen LogP contribution is -2.36. The maximum Gasteiger partial charge on any atom is 0.348 e. The Morgan fingerprint density at radius 1 is 1.47 bits per heavy atom. The first-order valence-electron chi connectivity index (χ1n) is 4.96. The van der Waals surface area contributed by atoms with Gasteiger partial charge in [0.25, 0.3) is 0 Å². The maximum absolute atomic E-state index is 11.3. The van der Waals surface area contributed by atoms with Gasteiger partial charge >= 0.3 is 5.97 Å². The topological polar surface area (TPSA) is 44.3 Å². The molecule has 0 N–H and O–H groups in total. The fraction of sp³-hybridized carbons (Fsp3) is 0.600. The van der Waals surface area contributed by atoms with Crippen LogP contribution >= 0.6 is 0 Å². The van der Waals surface area contributed by atoms with Crippen LogP contribution in [0.2, 0.25) is 0 Å². The van der Waals surface area contributed by atoms with Gasteiger partial charge in [-0.05, 0) is 6.92 Å². The Labute approximate surface area is 89.2 Å². The lowest BCUT2D eigenvalue weighted by Gasteiger charge is -2.02. The van der Waals surface area contributed by atoms with Crippen molar-refractivity contribution in [3.63, 3.8) is 0 Å². The number of nitrogens with zero attached hydrogens (tertiary/aromatic N) is 2. The van der Waals surface area contributed by atoms with E-state index >= 15 is 0 Å². The highest BCUT2D eigenvalue weighted by Crippen LogP contribution is 1.83. The molecule has 84 valence electrons. The van der Waals surface area contributed by atoms with Crippen molar-refractivity contribution >= 4 is 5.97 Å². The number of rotatable bonds is 6. The summed E-state index contributed by atoms with van der Waals surface area (Å²) in [4.78, 5) is 11.3. The van der Waals surface area contributed by atoms with Crippen LogP contribution in [0, 0.1) is 0 Å². The van der Waals surface area contributed by atoms with Gasteiger partial charge in [-0.25, -0.2) is 13.9 Å². The van der Waals surface area contributed by atoms with Gasteiger partial charge in [0.05, 0.1) is 13.7 Å². The van der Waals surface area contributed by atoms with Crippen molar-refractivity contribution < 1.29 is 18.8 Å². The zero-order valence-corrected chi connectivity index (χ0v) is 9.18. The van der Waals surface area contributed by atoms with Crippen LogP contribution < -0.4 is 4.57 Å². The molecular formula is C10H17N2O3+. The van der Waals surface area contributed by atoms with E-state index in [0.29, 0.717) is 19.8 Å². The lowest BCUT2D eigenvalue weighted by atomic mass is 10.6. The van der Waals surface area contributed by atoms with Gasteiger partial charge in [-0.3, -0.25) is 0 Å². The third-order valence-corrected chi connectivity index (χ3v) is 1.83. The van der Waals surface area contributed by atoms with Crippen molar-refractivity contribution in [2.75, 3.05) is 19.8 Å². The second-order valence-electron chi connectivity index (χ2n) is 3.17. The molecule has 0 aliphatic carbocycles. The number of carbonyl (C=O) groups is 1. The van der Waals surface area contributed by atoms with Crippen LogP contribution in [0.5, 0.6) is 0 Å². The summed E-state index contributed by atoms with van der Waals surface area (Å²) in [7, 11) is 1.90. The van der Waals surface area contributed by atoms with E-state index < -0.39 is 0 Å². The Kier molecular flexibility index (Phi) is 4.83. The zero-order valence-electron chi connectivity index (χ0n) is 9.18. The zero-order chi connectivity index (χ0) is 11.1. The SMILES string of the molecule is CCOCCOC(=O)C[n+]1ccn(C)c1. The first kappa shape index (κ1) is 11.7. The molecule has 0 aromatic carbocycles. The molecule has 5 heteroatoms. The highest BCUT2D eigenvalue weighted by Gasteiger charge is 2.08. The van der Waals surface area contributed by atoms with Crippen molar-refractivity contribution in [1.29, 1.82) is 0 Å². The molecule has 0 atom stereocenters. The van der Waals surface area contributed by atoms with Crippen LogP contribution in [-0.2, 0) is 27.9 Å². The molecule has 1 aromatic rings. The summed E-state index contributed by atoms with van der Waals surface area (Å²) in [6.07, 6.45) is 5.51. The van der Waals surface area contributed by atoms with Gasteiger partial charge in [-0.15, -0.1) is 0 Å². The van der Waals surface area contributed by atoms with Gasteiger partial charge in [-0.1, -0.05) is 0 Å². The van der Waals surface area contributed by atoms with E-state index in [0.717, 1.165) is 0 Å². The van der Waals surface area contributed by atoms with Crippen LogP contribution in [-0.4, -0.2) is 30.4 Å². The Hall–Kier alpha value is -1.36. The monoisotopic (exact) mass is 213 g/mol. The molecule has 1 heterocycles. The average molecular weight is 213 g/mol.